The summed E-state index contributed by atoms with van der Waals surface area (Å²) in [6, 6.07) is -0.640. The summed E-state index contributed by atoms with van der Waals surface area (Å²) in [4.78, 5) is 37.1. The van der Waals surface area contributed by atoms with E-state index in [0.717, 1.165) is 83.5 Å². The average Bonchev–Trinajstić information content (AvgIpc) is 3.23. The fourth-order valence-corrected chi connectivity index (χ4v) is 5.69. The van der Waals surface area contributed by atoms with E-state index in [0.29, 0.717) is 19.3 Å². The van der Waals surface area contributed by atoms with Gasteiger partial charge in [-0.2, -0.15) is 0 Å². The second kappa shape index (κ2) is 42.9. The molecule has 0 aromatic heterocycles. The van der Waals surface area contributed by atoms with Crippen LogP contribution in [0.15, 0.2) is 146 Å². The van der Waals surface area contributed by atoms with Crippen molar-refractivity contribution in [2.75, 3.05) is 41.0 Å². The molecule has 0 rings (SSSR count). The summed E-state index contributed by atoms with van der Waals surface area (Å²) in [6.07, 6.45) is 63.2. The minimum atomic E-state index is -0.896. The van der Waals surface area contributed by atoms with Gasteiger partial charge in [0.15, 0.2) is 12.1 Å². The molecule has 0 radical (unpaired) electrons. The van der Waals surface area contributed by atoms with E-state index in [1.54, 1.807) is 0 Å². The maximum atomic E-state index is 12.7. The van der Waals surface area contributed by atoms with Gasteiger partial charge in [-0.1, -0.05) is 173 Å². The van der Waals surface area contributed by atoms with Crippen LogP contribution in [-0.2, 0) is 28.6 Å². The van der Waals surface area contributed by atoms with Gasteiger partial charge in [-0.05, 0) is 77.0 Å². The number of carboxylic acid groups (broad SMARTS) is 1. The van der Waals surface area contributed by atoms with Crippen LogP contribution in [0.1, 0.15) is 123 Å². The summed E-state index contributed by atoms with van der Waals surface area (Å²) < 4.78 is 17.2. The summed E-state index contributed by atoms with van der Waals surface area (Å²) in [5.41, 5.74) is 0. The fourth-order valence-electron chi connectivity index (χ4n) is 5.69. The van der Waals surface area contributed by atoms with Gasteiger partial charge in [-0.15, -0.1) is 0 Å². The SMILES string of the molecule is CC/C=C/C=C/C=C/C=C/C=C/C=C/C=C/CCCCCC(=O)OC(COCCC(C(=O)O)[N+](C)(C)C)COC(=O)CCCCC/C=C/C/C=C/C/C=C/C/C=C/C/C=C/CC. The summed E-state index contributed by atoms with van der Waals surface area (Å²) in [7, 11) is 5.48. The smallest absolute Gasteiger partial charge is 0.362 e. The Hall–Kier alpha value is -4.79. The zero-order valence-electron chi connectivity index (χ0n) is 39.0. The lowest BCUT2D eigenvalue weighted by atomic mass is 10.1. The molecule has 0 heterocycles. The van der Waals surface area contributed by atoms with E-state index in [-0.39, 0.29) is 42.7 Å². The monoisotopic (exact) mass is 857 g/mol. The number of carboxylic acids is 1. The molecule has 8 nitrogen and oxygen atoms in total. The molecule has 0 saturated carbocycles. The first-order valence-corrected chi connectivity index (χ1v) is 23.0. The number of likely N-dealkylation sites (N-methyl/N-ethyl adjacent to an activating group) is 1. The number of quaternary nitrogens is 1. The van der Waals surface area contributed by atoms with Gasteiger partial charge in [0.25, 0.3) is 0 Å². The molecule has 1 N–H and O–H groups in total. The highest BCUT2D eigenvalue weighted by Crippen LogP contribution is 2.11. The molecule has 344 valence electrons. The molecule has 0 aromatic carbocycles. The van der Waals surface area contributed by atoms with Crippen LogP contribution in [0, 0.1) is 0 Å². The Bertz CT molecular complexity index is 1510. The molecule has 0 aromatic rings. The average molecular weight is 857 g/mol. The molecule has 8 heteroatoms. The molecule has 62 heavy (non-hydrogen) atoms. The van der Waals surface area contributed by atoms with Crippen molar-refractivity contribution in [2.45, 2.75) is 135 Å². The number of hydrogen-bond acceptors (Lipinski definition) is 6. The van der Waals surface area contributed by atoms with E-state index in [2.05, 4.69) is 86.8 Å². The Morgan fingerprint density at radius 2 is 0.935 bits per heavy atom. The van der Waals surface area contributed by atoms with Gasteiger partial charge in [-0.3, -0.25) is 9.59 Å². The Balaban J connectivity index is 4.54. The van der Waals surface area contributed by atoms with Crippen LogP contribution >= 0.6 is 0 Å². The van der Waals surface area contributed by atoms with Crippen molar-refractivity contribution in [1.82, 2.24) is 0 Å². The number of hydrogen-bond donors (Lipinski definition) is 1. The van der Waals surface area contributed by atoms with E-state index in [1.165, 1.54) is 0 Å². The van der Waals surface area contributed by atoms with Crippen LogP contribution in [0.3, 0.4) is 0 Å². The zero-order chi connectivity index (χ0) is 45.6. The number of nitrogens with zero attached hydrogens (tertiary/aromatic N) is 1. The predicted molar refractivity (Wildman–Crippen MR) is 261 cm³/mol. The minimum Gasteiger partial charge on any atom is -0.477 e. The minimum absolute atomic E-state index is 0.0192. The second-order valence-electron chi connectivity index (χ2n) is 15.7. The van der Waals surface area contributed by atoms with Crippen molar-refractivity contribution >= 4 is 17.9 Å². The third-order valence-corrected chi connectivity index (χ3v) is 9.18. The molecule has 0 aliphatic carbocycles. The number of aliphatic carboxylic acids is 1. The number of ether oxygens (including phenoxy) is 3. The number of carbonyl (C=O) groups excluding carboxylic acids is 2. The molecule has 2 atom stereocenters. The highest BCUT2D eigenvalue weighted by molar-refractivity contribution is 5.72. The van der Waals surface area contributed by atoms with Gasteiger partial charge in [0, 0.05) is 19.3 Å². The first-order chi connectivity index (χ1) is 30.1. The highest BCUT2D eigenvalue weighted by atomic mass is 16.6. The molecular formula is C54H82NO7+. The van der Waals surface area contributed by atoms with Crippen LogP contribution in [-0.4, -0.2) is 80.6 Å². The Morgan fingerprint density at radius 1 is 0.500 bits per heavy atom. The number of allylic oxidation sites excluding steroid dienone is 24. The first kappa shape index (κ1) is 57.2. The lowest BCUT2D eigenvalue weighted by Gasteiger charge is -2.31. The van der Waals surface area contributed by atoms with E-state index < -0.39 is 18.1 Å². The van der Waals surface area contributed by atoms with Crippen molar-refractivity contribution in [2.24, 2.45) is 0 Å². The van der Waals surface area contributed by atoms with Crippen LogP contribution in [0.4, 0.5) is 0 Å². The van der Waals surface area contributed by atoms with Crippen molar-refractivity contribution in [3.05, 3.63) is 146 Å². The summed E-state index contributed by atoms with van der Waals surface area (Å²) in [5, 5.41) is 9.63. The second-order valence-corrected chi connectivity index (χ2v) is 15.7. The lowest BCUT2D eigenvalue weighted by Crippen LogP contribution is -2.50. The Labute approximate surface area is 376 Å². The van der Waals surface area contributed by atoms with Crippen molar-refractivity contribution < 1.29 is 38.2 Å². The van der Waals surface area contributed by atoms with Crippen molar-refractivity contribution in [3.63, 3.8) is 0 Å². The molecule has 0 spiro atoms. The molecule has 0 bridgehead atoms. The zero-order valence-corrected chi connectivity index (χ0v) is 39.0. The lowest BCUT2D eigenvalue weighted by molar-refractivity contribution is -0.887. The first-order valence-electron chi connectivity index (χ1n) is 23.0. The molecular weight excluding hydrogens is 775 g/mol. The Morgan fingerprint density at radius 3 is 1.42 bits per heavy atom. The van der Waals surface area contributed by atoms with Crippen LogP contribution in [0.25, 0.3) is 0 Å². The molecule has 0 fully saturated rings. The third-order valence-electron chi connectivity index (χ3n) is 9.18. The quantitative estimate of drug-likeness (QED) is 0.0217. The third kappa shape index (κ3) is 40.6. The predicted octanol–water partition coefficient (Wildman–Crippen LogP) is 13.0. The van der Waals surface area contributed by atoms with E-state index in [9.17, 15) is 19.5 Å². The summed E-state index contributed by atoms with van der Waals surface area (Å²) in [5.74, 6) is -1.60. The summed E-state index contributed by atoms with van der Waals surface area (Å²) in [6.45, 7) is 4.35. The van der Waals surface area contributed by atoms with Crippen LogP contribution in [0.5, 0.6) is 0 Å². The number of esters is 2. The van der Waals surface area contributed by atoms with Crippen molar-refractivity contribution in [1.29, 1.82) is 0 Å². The number of carbonyl (C=O) groups is 3. The highest BCUT2D eigenvalue weighted by Gasteiger charge is 2.31. The van der Waals surface area contributed by atoms with Gasteiger partial charge in [-0.25, -0.2) is 4.79 Å². The number of unbranched alkanes of at least 4 members (excludes halogenated alkanes) is 6. The van der Waals surface area contributed by atoms with Crippen molar-refractivity contribution in [3.8, 4) is 0 Å². The Kier molecular flexibility index (Phi) is 39.6. The normalized spacial score (nSPS) is 14.3. The van der Waals surface area contributed by atoms with Gasteiger partial charge in [0.05, 0.1) is 34.4 Å². The van der Waals surface area contributed by atoms with E-state index in [1.807, 2.05) is 94.1 Å². The van der Waals surface area contributed by atoms with Crippen LogP contribution < -0.4 is 0 Å². The molecule has 0 saturated heterocycles. The molecule has 0 aliphatic rings. The molecule has 0 aliphatic heterocycles. The van der Waals surface area contributed by atoms with Gasteiger partial charge in [0.1, 0.15) is 6.61 Å². The summed E-state index contributed by atoms with van der Waals surface area (Å²) >= 11 is 0. The fraction of sp³-hybridized carbons (Fsp3) is 0.500. The topological polar surface area (TPSA) is 99.1 Å². The molecule has 2 unspecified atom stereocenters. The van der Waals surface area contributed by atoms with Gasteiger partial charge in [0.2, 0.25) is 0 Å². The standard InChI is InChI=1S/C54H81NO7/c1-6-8-10-12-14-16-18-20-22-24-26-28-30-32-34-36-38-40-42-44-52(56)61-49-50(48-60-47-46-51(54(58)59)55(3,4)5)62-53(57)45-43-41-39-37-35-33-31-29-27-25-23-21-19-17-15-13-11-9-7-2/h8-11,13-17,19-23,25-29,31-35,50-51H,6-7,12,18,24,30,36-49H2,1-5H3/p+1/b10-8+,11-9+,15-13+,16-14+,19-17+,22-20+,23-21+,27-25+,28-26+,31-29+,34-32+,35-33+. The molecule has 0 amide bonds. The van der Waals surface area contributed by atoms with Crippen LogP contribution in [0.2, 0.25) is 0 Å². The van der Waals surface area contributed by atoms with E-state index in [4.69, 9.17) is 14.2 Å². The number of rotatable bonds is 38. The van der Waals surface area contributed by atoms with E-state index >= 15 is 0 Å². The van der Waals surface area contributed by atoms with Gasteiger partial charge < -0.3 is 23.8 Å². The maximum Gasteiger partial charge on any atom is 0.362 e. The van der Waals surface area contributed by atoms with Gasteiger partial charge >= 0.3 is 17.9 Å². The maximum absolute atomic E-state index is 12.7. The largest absolute Gasteiger partial charge is 0.477 e.